The predicted octanol–water partition coefficient (Wildman–Crippen LogP) is 4.31. The Bertz CT molecular complexity index is 260. The minimum absolute atomic E-state index is 0.212. The van der Waals surface area contributed by atoms with Gasteiger partial charge in [-0.15, -0.1) is 19.2 Å². The van der Waals surface area contributed by atoms with Crippen LogP contribution in [0.1, 0.15) is 19.3 Å². The maximum atomic E-state index is 5.02. The van der Waals surface area contributed by atoms with Crippen LogP contribution in [0.15, 0.2) is 24.1 Å². The summed E-state index contributed by atoms with van der Waals surface area (Å²) in [5.41, 5.74) is 0. The van der Waals surface area contributed by atoms with Crippen LogP contribution in [0.25, 0.3) is 10.6 Å². The predicted molar refractivity (Wildman–Crippen MR) is 77.0 cm³/mol. The molecule has 2 heterocycles. The molecule has 0 saturated carbocycles. The summed E-state index contributed by atoms with van der Waals surface area (Å²) in [6.45, 7) is 1.75. The van der Waals surface area contributed by atoms with E-state index in [1.807, 2.05) is 18.2 Å². The van der Waals surface area contributed by atoms with Gasteiger partial charge in [0.1, 0.15) is 0 Å². The normalized spacial score (nSPS) is 21.1. The van der Waals surface area contributed by atoms with Crippen LogP contribution < -0.4 is 0 Å². The van der Waals surface area contributed by atoms with E-state index in [0.717, 1.165) is 19.5 Å². The number of rotatable bonds is 2. The molecule has 2 rings (SSSR count). The van der Waals surface area contributed by atoms with Crippen molar-refractivity contribution >= 4 is 20.3 Å². The van der Waals surface area contributed by atoms with Crippen molar-refractivity contribution in [3.8, 4) is 0 Å². The third-order valence-corrected chi connectivity index (χ3v) is 2.40. The van der Waals surface area contributed by atoms with Gasteiger partial charge < -0.3 is 20.1 Å². The van der Waals surface area contributed by atoms with Gasteiger partial charge in [0, 0.05) is 13.0 Å². The van der Waals surface area contributed by atoms with Gasteiger partial charge >= 0.3 is 33.2 Å². The summed E-state index contributed by atoms with van der Waals surface area (Å²) >= 11 is 0.382. The fourth-order valence-corrected chi connectivity index (χ4v) is 1.49. The molecule has 0 bridgehead atoms. The molecule has 1 atom stereocenters. The van der Waals surface area contributed by atoms with Crippen molar-refractivity contribution in [1.82, 2.24) is 0 Å². The molecule has 2 aliphatic rings. The molecule has 4 nitrogen and oxygen atoms in total. The molecule has 0 aromatic carbocycles. The van der Waals surface area contributed by atoms with Crippen LogP contribution in [0.5, 0.6) is 0 Å². The molecule has 0 amide bonds. The summed E-state index contributed by atoms with van der Waals surface area (Å²) in [5.74, 6) is 0.715. The number of allylic oxidation sites excluding steroid dienone is 2. The Morgan fingerprint density at radius 3 is 2.37 bits per heavy atom. The SMILES string of the molecule is COC1=CC=CC[N-]1.COC1CCCC[N-]1.[Cl][Co][Cl]. The van der Waals surface area contributed by atoms with E-state index in [4.69, 9.17) is 29.8 Å². The van der Waals surface area contributed by atoms with E-state index >= 15 is 0 Å². The van der Waals surface area contributed by atoms with E-state index in [2.05, 4.69) is 10.6 Å². The van der Waals surface area contributed by atoms with Gasteiger partial charge in [-0.3, -0.25) is 0 Å². The molecular weight excluding hydrogens is 334 g/mol. The Hall–Kier alpha value is 0.0865. The van der Waals surface area contributed by atoms with Crippen molar-refractivity contribution in [1.29, 1.82) is 0 Å². The van der Waals surface area contributed by atoms with Gasteiger partial charge in [0.25, 0.3) is 0 Å². The van der Waals surface area contributed by atoms with Crippen LogP contribution in [-0.2, 0) is 22.4 Å². The molecular formula is C12H20Cl2CoN2O2-2. The Balaban J connectivity index is 0.000000284. The number of hydrogen-bond donors (Lipinski definition) is 0. The molecule has 1 saturated heterocycles. The first-order chi connectivity index (χ1) is 9.28. The first-order valence-electron chi connectivity index (χ1n) is 5.89. The van der Waals surface area contributed by atoms with Crippen molar-refractivity contribution in [3.63, 3.8) is 0 Å². The number of hydrogen-bond acceptors (Lipinski definition) is 2. The number of piperidine rings is 1. The quantitative estimate of drug-likeness (QED) is 0.742. The van der Waals surface area contributed by atoms with Gasteiger partial charge in [-0.2, -0.15) is 0 Å². The van der Waals surface area contributed by atoms with Gasteiger partial charge in [-0.1, -0.05) is 18.9 Å². The second-order valence-electron chi connectivity index (χ2n) is 3.62. The maximum absolute atomic E-state index is 5.02. The van der Waals surface area contributed by atoms with Gasteiger partial charge in [0.2, 0.25) is 0 Å². The van der Waals surface area contributed by atoms with Gasteiger partial charge in [0.05, 0.1) is 7.11 Å². The van der Waals surface area contributed by atoms with Crippen LogP contribution in [0, 0.1) is 0 Å². The second-order valence-corrected chi connectivity index (χ2v) is 5.34. The summed E-state index contributed by atoms with van der Waals surface area (Å²) in [7, 11) is 12.8. The number of ether oxygens (including phenoxy) is 2. The Labute approximate surface area is 130 Å². The van der Waals surface area contributed by atoms with Crippen LogP contribution in [0.4, 0.5) is 0 Å². The topological polar surface area (TPSA) is 46.7 Å². The van der Waals surface area contributed by atoms with Crippen molar-refractivity contribution in [2.24, 2.45) is 0 Å². The molecule has 0 spiro atoms. The third-order valence-electron chi connectivity index (χ3n) is 2.40. The molecule has 0 aliphatic carbocycles. The van der Waals surface area contributed by atoms with E-state index in [1.54, 1.807) is 14.2 Å². The van der Waals surface area contributed by atoms with Gasteiger partial charge in [0.15, 0.2) is 0 Å². The Morgan fingerprint density at radius 1 is 1.32 bits per heavy atom. The van der Waals surface area contributed by atoms with Crippen molar-refractivity contribution in [2.75, 3.05) is 27.3 Å². The van der Waals surface area contributed by atoms with Crippen molar-refractivity contribution < 1.29 is 22.4 Å². The average Bonchev–Trinajstić information content (AvgIpc) is 2.50. The van der Waals surface area contributed by atoms with E-state index in [0.29, 0.717) is 18.8 Å². The first kappa shape index (κ1) is 19.1. The third kappa shape index (κ3) is 11.6. The van der Waals surface area contributed by atoms with E-state index in [1.165, 1.54) is 12.8 Å². The van der Waals surface area contributed by atoms with Gasteiger partial charge in [-0.25, -0.2) is 0 Å². The zero-order chi connectivity index (χ0) is 14.3. The fourth-order valence-electron chi connectivity index (χ4n) is 1.49. The van der Waals surface area contributed by atoms with E-state index in [9.17, 15) is 0 Å². The molecule has 19 heavy (non-hydrogen) atoms. The molecule has 7 heteroatoms. The molecule has 1 fully saturated rings. The van der Waals surface area contributed by atoms with Crippen LogP contribution >= 0.6 is 20.3 Å². The van der Waals surface area contributed by atoms with E-state index < -0.39 is 0 Å². The van der Waals surface area contributed by atoms with Crippen LogP contribution in [-0.4, -0.2) is 33.5 Å². The molecule has 1 unspecified atom stereocenters. The first-order valence-corrected chi connectivity index (χ1v) is 8.76. The summed E-state index contributed by atoms with van der Waals surface area (Å²) in [5, 5.41) is 8.23. The molecule has 115 valence electrons. The zero-order valence-corrected chi connectivity index (χ0v) is 13.7. The summed E-state index contributed by atoms with van der Waals surface area (Å²) in [6, 6.07) is 0. The minimum atomic E-state index is 0.212. The number of halogens is 2. The standard InChI is InChI=1S/C6H12NO.C6H8NO.2ClH.Co/c2*1-8-6-4-2-3-5-7-6;;;/h6H,2-5H2,1H3;2-4H,5H2,1H3;2*1H;/q2*-1;;;+2/p-2. The fraction of sp³-hybridized carbons (Fsp3) is 0.667. The number of methoxy groups -OCH3 is 2. The van der Waals surface area contributed by atoms with Crippen molar-refractivity contribution in [2.45, 2.75) is 25.5 Å². The molecule has 0 N–H and O–H groups in total. The second kappa shape index (κ2) is 14.5. The summed E-state index contributed by atoms with van der Waals surface area (Å²) in [4.78, 5) is 0. The van der Waals surface area contributed by atoms with Crippen LogP contribution in [0.3, 0.4) is 0 Å². The average molecular weight is 354 g/mol. The van der Waals surface area contributed by atoms with Gasteiger partial charge in [-0.05, 0) is 18.7 Å². The Morgan fingerprint density at radius 2 is 2.05 bits per heavy atom. The molecule has 2 aliphatic heterocycles. The molecule has 0 aromatic heterocycles. The summed E-state index contributed by atoms with van der Waals surface area (Å²) in [6.07, 6.45) is 9.61. The number of nitrogens with zero attached hydrogens (tertiary/aromatic N) is 2. The molecule has 0 aromatic rings. The van der Waals surface area contributed by atoms with E-state index in [-0.39, 0.29) is 6.23 Å². The van der Waals surface area contributed by atoms with Crippen molar-refractivity contribution in [3.05, 3.63) is 34.7 Å². The van der Waals surface area contributed by atoms with Crippen LogP contribution in [0.2, 0.25) is 0 Å². The molecule has 0 radical (unpaired) electrons. The zero-order valence-electron chi connectivity index (χ0n) is 11.1. The Kier molecular flexibility index (Phi) is 14.6. The summed E-state index contributed by atoms with van der Waals surface area (Å²) < 4.78 is 9.86. The monoisotopic (exact) mass is 353 g/mol.